The van der Waals surface area contributed by atoms with Crippen LogP contribution in [0.4, 0.5) is 10.1 Å². The molecule has 0 bridgehead atoms. The van der Waals surface area contributed by atoms with Crippen molar-refractivity contribution in [3.05, 3.63) is 73.9 Å². The van der Waals surface area contributed by atoms with Gasteiger partial charge in [0.1, 0.15) is 17.3 Å². The number of hydrogen-bond acceptors (Lipinski definition) is 5. The van der Waals surface area contributed by atoms with E-state index in [1.165, 1.54) is 42.5 Å². The van der Waals surface area contributed by atoms with Gasteiger partial charge < -0.3 is 4.74 Å². The standard InChI is InChI=1S/C16H9ClFNO4S/c17-14-12-6-3-10(18)7-13(12)24-15(14)16(20)23-8-9-1-4-11(5-2-9)19(21)22/h1-7H,8H2. The van der Waals surface area contributed by atoms with Crippen molar-refractivity contribution in [2.45, 2.75) is 6.61 Å². The Kier molecular flexibility index (Phi) is 4.46. The predicted octanol–water partition coefficient (Wildman–Crippen LogP) is 4.96. The first-order chi connectivity index (χ1) is 11.5. The van der Waals surface area contributed by atoms with Gasteiger partial charge in [0.25, 0.3) is 5.69 Å². The minimum Gasteiger partial charge on any atom is -0.457 e. The quantitative estimate of drug-likeness (QED) is 0.372. The minimum absolute atomic E-state index is 0.0420. The fourth-order valence-electron chi connectivity index (χ4n) is 2.10. The van der Waals surface area contributed by atoms with Gasteiger partial charge in [-0.1, -0.05) is 11.6 Å². The number of hydrogen-bond donors (Lipinski definition) is 0. The lowest BCUT2D eigenvalue weighted by Gasteiger charge is -2.03. The van der Waals surface area contributed by atoms with Crippen LogP contribution in [0.25, 0.3) is 10.1 Å². The highest BCUT2D eigenvalue weighted by Crippen LogP contribution is 2.36. The Labute approximate surface area is 144 Å². The lowest BCUT2D eigenvalue weighted by molar-refractivity contribution is -0.384. The van der Waals surface area contributed by atoms with Crippen LogP contribution in [-0.4, -0.2) is 10.9 Å². The van der Waals surface area contributed by atoms with E-state index in [9.17, 15) is 19.3 Å². The molecule has 1 heterocycles. The number of carbonyl (C=O) groups is 1. The summed E-state index contributed by atoms with van der Waals surface area (Å²) in [6.45, 7) is -0.0459. The molecule has 0 saturated heterocycles. The summed E-state index contributed by atoms with van der Waals surface area (Å²) >= 11 is 7.21. The zero-order valence-corrected chi connectivity index (χ0v) is 13.6. The molecule has 0 radical (unpaired) electrons. The lowest BCUT2D eigenvalue weighted by Crippen LogP contribution is -2.03. The summed E-state index contributed by atoms with van der Waals surface area (Å²) in [7, 11) is 0. The molecule has 122 valence electrons. The van der Waals surface area contributed by atoms with Crippen LogP contribution in [-0.2, 0) is 11.3 Å². The number of thiophene rings is 1. The van der Waals surface area contributed by atoms with Crippen LogP contribution in [0.3, 0.4) is 0 Å². The van der Waals surface area contributed by atoms with E-state index in [1.54, 1.807) is 0 Å². The Hall–Kier alpha value is -2.51. The van der Waals surface area contributed by atoms with E-state index in [4.69, 9.17) is 16.3 Å². The maximum absolute atomic E-state index is 13.2. The van der Waals surface area contributed by atoms with Gasteiger partial charge in [-0.15, -0.1) is 11.3 Å². The third-order valence-corrected chi connectivity index (χ3v) is 4.93. The van der Waals surface area contributed by atoms with Crippen LogP contribution in [0.5, 0.6) is 0 Å². The third kappa shape index (κ3) is 3.22. The van der Waals surface area contributed by atoms with Crippen LogP contribution in [0.1, 0.15) is 15.2 Å². The number of fused-ring (bicyclic) bond motifs is 1. The van der Waals surface area contributed by atoms with Crippen molar-refractivity contribution in [1.82, 2.24) is 0 Å². The van der Waals surface area contributed by atoms with Gasteiger partial charge in [0.2, 0.25) is 0 Å². The highest BCUT2D eigenvalue weighted by molar-refractivity contribution is 7.21. The summed E-state index contributed by atoms with van der Waals surface area (Å²) in [6, 6.07) is 9.76. The van der Waals surface area contributed by atoms with Gasteiger partial charge in [-0.3, -0.25) is 10.1 Å². The van der Waals surface area contributed by atoms with Crippen molar-refractivity contribution < 1.29 is 18.8 Å². The van der Waals surface area contributed by atoms with Gasteiger partial charge in [0.05, 0.1) is 9.95 Å². The molecule has 2 aromatic carbocycles. The third-order valence-electron chi connectivity index (χ3n) is 3.29. The molecule has 0 aliphatic heterocycles. The maximum atomic E-state index is 13.2. The van der Waals surface area contributed by atoms with Gasteiger partial charge in [0, 0.05) is 22.2 Å². The van der Waals surface area contributed by atoms with Crippen LogP contribution in [0.15, 0.2) is 42.5 Å². The summed E-state index contributed by atoms with van der Waals surface area (Å²) in [5.41, 5.74) is 0.567. The van der Waals surface area contributed by atoms with Crippen LogP contribution in [0, 0.1) is 15.9 Å². The van der Waals surface area contributed by atoms with Crippen molar-refractivity contribution in [3.63, 3.8) is 0 Å². The topological polar surface area (TPSA) is 69.4 Å². The molecular weight excluding hydrogens is 357 g/mol. The van der Waals surface area contributed by atoms with Gasteiger partial charge in [-0.05, 0) is 35.9 Å². The number of benzene rings is 2. The molecule has 1 aromatic heterocycles. The Bertz CT molecular complexity index is 939. The summed E-state index contributed by atoms with van der Waals surface area (Å²) in [6.07, 6.45) is 0. The molecule has 0 atom stereocenters. The van der Waals surface area contributed by atoms with Gasteiger partial charge in [-0.2, -0.15) is 0 Å². The van der Waals surface area contributed by atoms with E-state index in [0.717, 1.165) is 11.3 Å². The highest BCUT2D eigenvalue weighted by Gasteiger charge is 2.19. The zero-order chi connectivity index (χ0) is 17.3. The van der Waals surface area contributed by atoms with E-state index in [0.29, 0.717) is 15.6 Å². The van der Waals surface area contributed by atoms with Crippen LogP contribution < -0.4 is 0 Å². The number of nitro benzene ring substituents is 1. The van der Waals surface area contributed by atoms with Crippen molar-refractivity contribution >= 4 is 44.7 Å². The van der Waals surface area contributed by atoms with E-state index >= 15 is 0 Å². The lowest BCUT2D eigenvalue weighted by atomic mass is 10.2. The molecule has 24 heavy (non-hydrogen) atoms. The first kappa shape index (κ1) is 16.4. The molecule has 0 aliphatic rings. The maximum Gasteiger partial charge on any atom is 0.350 e. The van der Waals surface area contributed by atoms with Crippen molar-refractivity contribution in [2.24, 2.45) is 0 Å². The second-order valence-electron chi connectivity index (χ2n) is 4.89. The summed E-state index contributed by atoms with van der Waals surface area (Å²) in [5.74, 6) is -1.04. The largest absolute Gasteiger partial charge is 0.457 e. The normalized spacial score (nSPS) is 10.8. The van der Waals surface area contributed by atoms with Gasteiger partial charge in [-0.25, -0.2) is 9.18 Å². The molecule has 0 aliphatic carbocycles. The van der Waals surface area contributed by atoms with E-state index in [-0.39, 0.29) is 22.2 Å². The molecule has 0 saturated carbocycles. The first-order valence-electron chi connectivity index (χ1n) is 6.73. The second kappa shape index (κ2) is 6.54. The van der Waals surface area contributed by atoms with E-state index in [1.807, 2.05) is 0 Å². The number of non-ortho nitro benzene ring substituents is 1. The summed E-state index contributed by atoms with van der Waals surface area (Å²) in [4.78, 5) is 22.4. The molecule has 8 heteroatoms. The number of carbonyl (C=O) groups excluding carboxylic acids is 1. The number of nitro groups is 1. The highest BCUT2D eigenvalue weighted by atomic mass is 35.5. The monoisotopic (exact) mass is 365 g/mol. The molecule has 0 N–H and O–H groups in total. The number of rotatable bonds is 4. The fourth-order valence-corrected chi connectivity index (χ4v) is 3.53. The summed E-state index contributed by atoms with van der Waals surface area (Å²) in [5, 5.41) is 11.4. The molecule has 5 nitrogen and oxygen atoms in total. The Balaban J connectivity index is 1.75. The second-order valence-corrected chi connectivity index (χ2v) is 6.32. The zero-order valence-electron chi connectivity index (χ0n) is 12.0. The number of nitrogens with zero attached hydrogens (tertiary/aromatic N) is 1. The summed E-state index contributed by atoms with van der Waals surface area (Å²) < 4.78 is 19.0. The average Bonchev–Trinajstić information content (AvgIpc) is 2.89. The molecule has 0 unspecified atom stereocenters. The minimum atomic E-state index is -0.625. The molecule has 0 spiro atoms. The van der Waals surface area contributed by atoms with E-state index < -0.39 is 16.7 Å². The predicted molar refractivity (Wildman–Crippen MR) is 89.0 cm³/mol. The van der Waals surface area contributed by atoms with Crippen molar-refractivity contribution in [2.75, 3.05) is 0 Å². The van der Waals surface area contributed by atoms with Crippen LogP contribution >= 0.6 is 22.9 Å². The van der Waals surface area contributed by atoms with Crippen molar-refractivity contribution in [1.29, 1.82) is 0 Å². The first-order valence-corrected chi connectivity index (χ1v) is 7.93. The molecule has 3 rings (SSSR count). The Morgan fingerprint density at radius 2 is 1.96 bits per heavy atom. The SMILES string of the molecule is O=C(OCc1ccc([N+](=O)[O-])cc1)c1sc2cc(F)ccc2c1Cl. The molecule has 0 amide bonds. The molecule has 3 aromatic rings. The number of ether oxygens (including phenoxy) is 1. The van der Waals surface area contributed by atoms with Gasteiger partial charge in [0.15, 0.2) is 0 Å². The molecule has 0 fully saturated rings. The Morgan fingerprint density at radius 3 is 2.62 bits per heavy atom. The Morgan fingerprint density at radius 1 is 1.25 bits per heavy atom. The van der Waals surface area contributed by atoms with Gasteiger partial charge >= 0.3 is 5.97 Å². The van der Waals surface area contributed by atoms with Crippen molar-refractivity contribution in [3.8, 4) is 0 Å². The smallest absolute Gasteiger partial charge is 0.350 e. The molecular formula is C16H9ClFNO4S. The number of esters is 1. The fraction of sp³-hybridized carbons (Fsp3) is 0.0625. The average molecular weight is 366 g/mol. The van der Waals surface area contributed by atoms with E-state index in [2.05, 4.69) is 0 Å². The van der Waals surface area contributed by atoms with Crippen LogP contribution in [0.2, 0.25) is 5.02 Å². The number of halogens is 2.